The van der Waals surface area contributed by atoms with Gasteiger partial charge in [-0.15, -0.1) is 0 Å². The van der Waals surface area contributed by atoms with E-state index in [0.717, 1.165) is 38.3 Å². The second-order valence-electron chi connectivity index (χ2n) is 19.1. The second-order valence-corrected chi connectivity index (χ2v) is 20.8. The number of nitrogen functional groups attached to an aromatic ring is 2. The molecular formula is C51H69N12O12P. The SMILES string of the molecule is CCCCCCCCCCCCCCCCCCOC[C@H](COP(=O)(OC[C@H]1O[C@@](C#N)(c2ccc3c(N)ncnn23)[C@H](O)[C@@H]1O)OC[C@H]1O[C@@](C#N)(c2ccc3c(N)ncnn23)[C@H](O)[C@@H]1O)Oc1ccc(C#N)nc1. The Balaban J connectivity index is 1.01. The standard InChI is InChI=1S/C51H69N12O12P/c1-2-3-4-5-6-7-8-9-10-11-12-13-14-15-16-17-24-69-27-37(73-36-19-18-35(25-52)57-26-36)28-70-76(68,71-29-40-44(64)46(66)50(31-53,74-40)42-22-20-38-48(55)58-33-60-62(38)42)72-30-41-45(65)47(67)51(32-54,75-41)43-23-21-39-49(56)59-34-61-63(39)43/h18-23,26,33-34,37,40-41,44-47,64-67H,2-17,24,27-30H2,1H3,(H2,55,58,60)(H2,56,59,61)/t37-,40-,41-,44-,45-,46-,47-,50+,51+/m1/s1. The van der Waals surface area contributed by atoms with Gasteiger partial charge in [-0.2, -0.15) is 26.0 Å². The van der Waals surface area contributed by atoms with Gasteiger partial charge in [-0.25, -0.2) is 28.5 Å². The lowest BCUT2D eigenvalue weighted by molar-refractivity contribution is -0.0756. The average Bonchev–Trinajstić information content (AvgIpc) is 4.19. The zero-order valence-corrected chi connectivity index (χ0v) is 43.6. The summed E-state index contributed by atoms with van der Waals surface area (Å²) in [7, 11) is -4.97. The molecule has 25 heteroatoms. The number of fused-ring (bicyclic) bond motifs is 2. The van der Waals surface area contributed by atoms with Crippen molar-refractivity contribution >= 4 is 30.5 Å². The number of anilines is 2. The van der Waals surface area contributed by atoms with E-state index in [0.29, 0.717) is 6.61 Å². The Labute approximate surface area is 441 Å². The number of aromatic nitrogens is 7. The fourth-order valence-corrected chi connectivity index (χ4v) is 10.7. The zero-order chi connectivity index (χ0) is 54.1. The molecule has 0 spiro atoms. The van der Waals surface area contributed by atoms with Gasteiger partial charge in [0.25, 0.3) is 0 Å². The molecule has 410 valence electrons. The third kappa shape index (κ3) is 13.6. The summed E-state index contributed by atoms with van der Waals surface area (Å²) in [6.45, 7) is 0.350. The van der Waals surface area contributed by atoms with Gasteiger partial charge in [-0.3, -0.25) is 13.6 Å². The Morgan fingerprint density at radius 2 is 1.13 bits per heavy atom. The first-order valence-corrected chi connectivity index (χ1v) is 27.5. The maximum atomic E-state index is 14.9. The maximum absolute atomic E-state index is 14.9. The molecule has 7 rings (SSSR count). The molecule has 0 saturated carbocycles. The van der Waals surface area contributed by atoms with Crippen LogP contribution in [0.25, 0.3) is 11.0 Å². The van der Waals surface area contributed by atoms with Gasteiger partial charge in [0.1, 0.15) is 96.1 Å². The monoisotopic (exact) mass is 1070 g/mol. The van der Waals surface area contributed by atoms with Crippen LogP contribution in [0.5, 0.6) is 5.75 Å². The minimum absolute atomic E-state index is 0.00230. The van der Waals surface area contributed by atoms with Crippen LogP contribution >= 0.6 is 7.82 Å². The van der Waals surface area contributed by atoms with E-state index in [2.05, 4.69) is 32.1 Å². The Kier molecular flexibility index (Phi) is 20.8. The van der Waals surface area contributed by atoms with Crippen molar-refractivity contribution in [2.75, 3.05) is 44.5 Å². The number of nitrogens with zero attached hydrogens (tertiary/aromatic N) is 10. The lowest BCUT2D eigenvalue weighted by Gasteiger charge is -2.26. The number of phosphoric ester groups is 1. The van der Waals surface area contributed by atoms with E-state index in [-0.39, 0.29) is 52.1 Å². The molecule has 2 saturated heterocycles. The fourth-order valence-electron chi connectivity index (χ4n) is 9.51. The van der Waals surface area contributed by atoms with Gasteiger partial charge < -0.3 is 50.8 Å². The van der Waals surface area contributed by atoms with Crippen molar-refractivity contribution in [3.63, 3.8) is 0 Å². The number of pyridine rings is 1. The fraction of sp³-hybridized carbons (Fsp3) is 0.608. The van der Waals surface area contributed by atoms with Gasteiger partial charge in [-0.1, -0.05) is 103 Å². The van der Waals surface area contributed by atoms with Gasteiger partial charge in [0.05, 0.1) is 44.0 Å². The van der Waals surface area contributed by atoms with Crippen LogP contribution in [-0.4, -0.2) is 130 Å². The van der Waals surface area contributed by atoms with Crippen LogP contribution in [0, 0.1) is 34.0 Å². The number of ether oxygens (including phenoxy) is 4. The number of aliphatic hydroxyl groups excluding tert-OH is 4. The number of aliphatic hydroxyl groups is 4. The topological polar surface area (TPSA) is 359 Å². The van der Waals surface area contributed by atoms with Crippen LogP contribution in [0.2, 0.25) is 0 Å². The third-order valence-electron chi connectivity index (χ3n) is 13.8. The van der Waals surface area contributed by atoms with Crippen molar-refractivity contribution in [3.8, 4) is 24.0 Å². The summed E-state index contributed by atoms with van der Waals surface area (Å²) < 4.78 is 59.2. The number of phosphoric acid groups is 1. The first-order valence-electron chi connectivity index (χ1n) is 26.1. The Morgan fingerprint density at radius 3 is 1.57 bits per heavy atom. The molecular weight excluding hydrogens is 1000 g/mol. The first kappa shape index (κ1) is 57.8. The third-order valence-corrected chi connectivity index (χ3v) is 15.2. The van der Waals surface area contributed by atoms with Crippen molar-refractivity contribution in [2.45, 2.75) is 164 Å². The lowest BCUT2D eigenvalue weighted by Crippen LogP contribution is -2.41. The van der Waals surface area contributed by atoms with Crippen LogP contribution in [0.3, 0.4) is 0 Å². The van der Waals surface area contributed by atoms with Crippen molar-refractivity contribution < 1.29 is 57.5 Å². The van der Waals surface area contributed by atoms with Crippen molar-refractivity contribution in [2.24, 2.45) is 0 Å². The van der Waals surface area contributed by atoms with Gasteiger partial charge in [0.2, 0.25) is 11.2 Å². The van der Waals surface area contributed by atoms with E-state index in [1.165, 1.54) is 129 Å². The Hall–Kier alpha value is -5.91. The van der Waals surface area contributed by atoms with Crippen LogP contribution in [0.4, 0.5) is 11.6 Å². The molecule has 24 nitrogen and oxygen atoms in total. The summed E-state index contributed by atoms with van der Waals surface area (Å²) in [4.78, 5) is 12.0. The van der Waals surface area contributed by atoms with Gasteiger partial charge in [-0.05, 0) is 42.8 Å². The predicted octanol–water partition coefficient (Wildman–Crippen LogP) is 5.47. The summed E-state index contributed by atoms with van der Waals surface area (Å²) in [6.07, 6.45) is 11.6. The number of nitriles is 3. The molecule has 2 aliphatic rings. The minimum atomic E-state index is -4.97. The molecule has 2 aliphatic heterocycles. The highest BCUT2D eigenvalue weighted by atomic mass is 31.2. The molecule has 7 heterocycles. The molecule has 0 amide bonds. The molecule has 5 aromatic heterocycles. The Morgan fingerprint density at radius 1 is 0.658 bits per heavy atom. The summed E-state index contributed by atoms with van der Waals surface area (Å²) in [5.74, 6) is 0.355. The van der Waals surface area contributed by atoms with Crippen LogP contribution in [0.1, 0.15) is 127 Å². The molecule has 0 unspecified atom stereocenters. The van der Waals surface area contributed by atoms with E-state index in [9.17, 15) is 40.8 Å². The molecule has 0 aliphatic carbocycles. The quantitative estimate of drug-likeness (QED) is 0.0230. The van der Waals surface area contributed by atoms with Crippen LogP contribution < -0.4 is 16.2 Å². The Bertz CT molecular complexity index is 2690. The number of hydrogen-bond donors (Lipinski definition) is 6. The smallest absolute Gasteiger partial charge is 0.475 e. The molecule has 8 N–H and O–H groups in total. The van der Waals surface area contributed by atoms with E-state index < -0.39 is 81.6 Å². The largest absolute Gasteiger partial charge is 0.484 e. The molecule has 0 radical (unpaired) electrons. The predicted molar refractivity (Wildman–Crippen MR) is 272 cm³/mol. The molecule has 0 bridgehead atoms. The summed E-state index contributed by atoms with van der Waals surface area (Å²) in [5.41, 5.74) is 8.24. The van der Waals surface area contributed by atoms with Gasteiger partial charge >= 0.3 is 7.82 Å². The van der Waals surface area contributed by atoms with E-state index in [4.69, 9.17) is 44.0 Å². The van der Waals surface area contributed by atoms with E-state index >= 15 is 0 Å². The van der Waals surface area contributed by atoms with E-state index in [1.807, 2.05) is 18.2 Å². The number of unbranched alkanes of at least 4 members (excludes halogenated alkanes) is 15. The maximum Gasteiger partial charge on any atom is 0.475 e. The zero-order valence-electron chi connectivity index (χ0n) is 42.7. The summed E-state index contributed by atoms with van der Waals surface area (Å²) in [5, 5.41) is 84.1. The highest BCUT2D eigenvalue weighted by Gasteiger charge is 2.59. The summed E-state index contributed by atoms with van der Waals surface area (Å²) in [6, 6.07) is 14.6. The minimum Gasteiger partial charge on any atom is -0.484 e. The normalized spacial score (nSPS) is 23.9. The van der Waals surface area contributed by atoms with Crippen LogP contribution in [-0.2, 0) is 43.5 Å². The van der Waals surface area contributed by atoms with E-state index in [1.54, 1.807) is 0 Å². The van der Waals surface area contributed by atoms with Crippen molar-refractivity contribution in [3.05, 3.63) is 72.3 Å². The molecule has 9 atom stereocenters. The lowest BCUT2D eigenvalue weighted by atomic mass is 9.92. The number of hydrogen-bond acceptors (Lipinski definition) is 22. The highest BCUT2D eigenvalue weighted by molar-refractivity contribution is 7.48. The van der Waals surface area contributed by atoms with Gasteiger partial charge in [0, 0.05) is 6.61 Å². The van der Waals surface area contributed by atoms with Crippen molar-refractivity contribution in [1.82, 2.24) is 34.2 Å². The summed E-state index contributed by atoms with van der Waals surface area (Å²) >= 11 is 0. The van der Waals surface area contributed by atoms with Crippen LogP contribution in [0.15, 0.2) is 55.2 Å². The molecule has 0 aromatic carbocycles. The first-order chi connectivity index (χ1) is 36.8. The van der Waals surface area contributed by atoms with Crippen molar-refractivity contribution in [1.29, 1.82) is 15.8 Å². The average molecular weight is 1070 g/mol. The number of nitrogens with two attached hydrogens (primary N) is 2. The van der Waals surface area contributed by atoms with Gasteiger partial charge in [0.15, 0.2) is 11.6 Å². The molecule has 2 fully saturated rings. The number of rotatable bonds is 32. The highest BCUT2D eigenvalue weighted by Crippen LogP contribution is 2.52. The molecule has 5 aromatic rings. The molecule has 76 heavy (non-hydrogen) atoms. The second kappa shape index (κ2) is 27.4.